The average Bonchev–Trinajstić information content (AvgIpc) is 3.13. The Morgan fingerprint density at radius 1 is 1.00 bits per heavy atom. The number of non-ortho nitro benzene ring substituents is 1. The molecule has 0 saturated carbocycles. The first-order valence-corrected chi connectivity index (χ1v) is 8.31. The van der Waals surface area contributed by atoms with Gasteiger partial charge in [0.25, 0.3) is 5.69 Å². The molecule has 6 nitrogen and oxygen atoms in total. The van der Waals surface area contributed by atoms with Gasteiger partial charge in [0.1, 0.15) is 0 Å². The molecule has 0 atom stereocenters. The van der Waals surface area contributed by atoms with E-state index in [1.807, 2.05) is 45.0 Å². The number of ketones is 1. The van der Waals surface area contributed by atoms with Crippen molar-refractivity contribution < 1.29 is 9.72 Å². The van der Waals surface area contributed by atoms with Gasteiger partial charge in [-0.3, -0.25) is 14.9 Å². The smallest absolute Gasteiger partial charge is 0.269 e. The predicted octanol–water partition coefficient (Wildman–Crippen LogP) is 4.29. The maximum atomic E-state index is 13.0. The Balaban J connectivity index is 2.00. The molecule has 0 N–H and O–H groups in total. The summed E-state index contributed by atoms with van der Waals surface area (Å²) in [5, 5.41) is 15.6. The summed E-state index contributed by atoms with van der Waals surface area (Å²) in [5.74, 6) is -0.0197. The largest absolute Gasteiger partial charge is 0.288 e. The van der Waals surface area contributed by atoms with Crippen LogP contribution < -0.4 is 0 Å². The van der Waals surface area contributed by atoms with Gasteiger partial charge in [0.05, 0.1) is 27.6 Å². The Hall–Kier alpha value is -3.28. The standard InChI is InChI=1S/C20H17N3O3/c1-20(2,3)19-16-17(14-6-4-5-7-15(14)18(16)24)22(21-19)12-8-10-13(11-9-12)23(25)26/h4-11H,1-3H3. The highest BCUT2D eigenvalue weighted by atomic mass is 16.6. The molecule has 130 valence electrons. The van der Waals surface area contributed by atoms with Crippen LogP contribution in [0.3, 0.4) is 0 Å². The molecule has 2 aromatic carbocycles. The summed E-state index contributed by atoms with van der Waals surface area (Å²) in [6, 6.07) is 13.7. The minimum Gasteiger partial charge on any atom is -0.288 e. The molecule has 0 unspecified atom stereocenters. The molecule has 3 aromatic rings. The van der Waals surface area contributed by atoms with Crippen molar-refractivity contribution in [3.8, 4) is 16.9 Å². The van der Waals surface area contributed by atoms with Crippen molar-refractivity contribution in [1.29, 1.82) is 0 Å². The third kappa shape index (κ3) is 2.26. The van der Waals surface area contributed by atoms with Gasteiger partial charge in [-0.15, -0.1) is 0 Å². The fourth-order valence-electron chi connectivity index (χ4n) is 3.33. The van der Waals surface area contributed by atoms with Crippen LogP contribution in [0.2, 0.25) is 0 Å². The number of nitro groups is 1. The first-order chi connectivity index (χ1) is 12.3. The summed E-state index contributed by atoms with van der Waals surface area (Å²) in [6.45, 7) is 6.06. The zero-order valence-corrected chi connectivity index (χ0v) is 14.7. The monoisotopic (exact) mass is 347 g/mol. The molecule has 0 fully saturated rings. The molecule has 0 bridgehead atoms. The lowest BCUT2D eigenvalue weighted by Crippen LogP contribution is -2.16. The Morgan fingerprint density at radius 2 is 1.62 bits per heavy atom. The highest BCUT2D eigenvalue weighted by Crippen LogP contribution is 2.42. The van der Waals surface area contributed by atoms with Gasteiger partial charge in [0, 0.05) is 28.7 Å². The van der Waals surface area contributed by atoms with Crippen LogP contribution in [0.15, 0.2) is 48.5 Å². The highest BCUT2D eigenvalue weighted by molar-refractivity contribution is 6.22. The first-order valence-electron chi connectivity index (χ1n) is 8.31. The van der Waals surface area contributed by atoms with E-state index in [0.717, 1.165) is 17.0 Å². The molecule has 1 aromatic heterocycles. The number of nitrogens with zero attached hydrogens (tertiary/aromatic N) is 3. The van der Waals surface area contributed by atoms with E-state index in [4.69, 9.17) is 5.10 Å². The molecule has 1 aliphatic carbocycles. The number of hydrogen-bond acceptors (Lipinski definition) is 4. The van der Waals surface area contributed by atoms with E-state index in [9.17, 15) is 14.9 Å². The van der Waals surface area contributed by atoms with E-state index in [1.54, 1.807) is 16.8 Å². The second-order valence-corrected chi connectivity index (χ2v) is 7.38. The molecule has 0 amide bonds. The summed E-state index contributed by atoms with van der Waals surface area (Å²) in [4.78, 5) is 23.5. The molecule has 0 spiro atoms. The van der Waals surface area contributed by atoms with Gasteiger partial charge in [0.15, 0.2) is 5.78 Å². The number of carbonyl (C=O) groups excluding carboxylic acids is 1. The summed E-state index contributed by atoms with van der Waals surface area (Å²) < 4.78 is 1.73. The van der Waals surface area contributed by atoms with Crippen molar-refractivity contribution >= 4 is 11.5 Å². The lowest BCUT2D eigenvalue weighted by Gasteiger charge is -2.16. The van der Waals surface area contributed by atoms with Crippen molar-refractivity contribution in [2.75, 3.05) is 0 Å². The fraction of sp³-hybridized carbons (Fsp3) is 0.200. The molecule has 6 heteroatoms. The summed E-state index contributed by atoms with van der Waals surface area (Å²) in [7, 11) is 0. The molecular formula is C20H17N3O3. The lowest BCUT2D eigenvalue weighted by molar-refractivity contribution is -0.384. The Bertz CT molecular complexity index is 1060. The maximum absolute atomic E-state index is 13.0. The van der Waals surface area contributed by atoms with Crippen LogP contribution in [0.4, 0.5) is 5.69 Å². The molecule has 1 aliphatic rings. The number of benzene rings is 2. The van der Waals surface area contributed by atoms with Crippen molar-refractivity contribution in [3.63, 3.8) is 0 Å². The van der Waals surface area contributed by atoms with Gasteiger partial charge in [-0.05, 0) is 12.1 Å². The molecule has 26 heavy (non-hydrogen) atoms. The van der Waals surface area contributed by atoms with Crippen molar-refractivity contribution in [2.45, 2.75) is 26.2 Å². The normalized spacial score (nSPS) is 12.8. The van der Waals surface area contributed by atoms with Crippen molar-refractivity contribution in [2.24, 2.45) is 0 Å². The van der Waals surface area contributed by atoms with Crippen LogP contribution in [0.25, 0.3) is 16.9 Å². The zero-order chi connectivity index (χ0) is 18.6. The molecule has 0 radical (unpaired) electrons. The van der Waals surface area contributed by atoms with E-state index in [2.05, 4.69) is 0 Å². The van der Waals surface area contributed by atoms with E-state index in [-0.39, 0.29) is 16.9 Å². The van der Waals surface area contributed by atoms with Gasteiger partial charge in [-0.1, -0.05) is 45.0 Å². The Kier molecular flexibility index (Phi) is 3.34. The second-order valence-electron chi connectivity index (χ2n) is 7.38. The fourth-order valence-corrected chi connectivity index (χ4v) is 3.33. The number of carbonyl (C=O) groups is 1. The third-order valence-corrected chi connectivity index (χ3v) is 4.55. The topological polar surface area (TPSA) is 78.0 Å². The quantitative estimate of drug-likeness (QED) is 0.400. The van der Waals surface area contributed by atoms with Crippen LogP contribution in [0, 0.1) is 10.1 Å². The number of rotatable bonds is 2. The van der Waals surface area contributed by atoms with Crippen LogP contribution in [0.5, 0.6) is 0 Å². The van der Waals surface area contributed by atoms with Crippen LogP contribution in [-0.2, 0) is 5.41 Å². The van der Waals surface area contributed by atoms with Crippen molar-refractivity contribution in [1.82, 2.24) is 9.78 Å². The molecule has 0 saturated heterocycles. The number of hydrogen-bond donors (Lipinski definition) is 0. The average molecular weight is 347 g/mol. The zero-order valence-electron chi connectivity index (χ0n) is 14.7. The first kappa shape index (κ1) is 16.2. The number of aromatic nitrogens is 2. The van der Waals surface area contributed by atoms with E-state index in [1.165, 1.54) is 12.1 Å². The summed E-state index contributed by atoms with van der Waals surface area (Å²) >= 11 is 0. The van der Waals surface area contributed by atoms with Gasteiger partial charge < -0.3 is 0 Å². The van der Waals surface area contributed by atoms with Gasteiger partial charge in [-0.25, -0.2) is 4.68 Å². The number of nitro benzene ring substituents is 1. The van der Waals surface area contributed by atoms with Gasteiger partial charge in [0.2, 0.25) is 0 Å². The van der Waals surface area contributed by atoms with Crippen LogP contribution in [-0.4, -0.2) is 20.5 Å². The molecule has 0 aliphatic heterocycles. The van der Waals surface area contributed by atoms with Crippen LogP contribution in [0.1, 0.15) is 42.4 Å². The van der Waals surface area contributed by atoms with Crippen LogP contribution >= 0.6 is 0 Å². The van der Waals surface area contributed by atoms with Crippen molar-refractivity contribution in [3.05, 3.63) is 75.5 Å². The Morgan fingerprint density at radius 3 is 2.19 bits per heavy atom. The van der Waals surface area contributed by atoms with Gasteiger partial charge in [-0.2, -0.15) is 5.10 Å². The van der Waals surface area contributed by atoms with E-state index >= 15 is 0 Å². The van der Waals surface area contributed by atoms with E-state index in [0.29, 0.717) is 16.8 Å². The summed E-state index contributed by atoms with van der Waals surface area (Å²) in [5.41, 5.74) is 4.01. The summed E-state index contributed by atoms with van der Waals surface area (Å²) in [6.07, 6.45) is 0. The maximum Gasteiger partial charge on any atom is 0.269 e. The Labute approximate surface area is 150 Å². The minimum absolute atomic E-state index is 0.0186. The molecule has 4 rings (SSSR count). The second kappa shape index (κ2) is 5.36. The molecule has 1 heterocycles. The minimum atomic E-state index is -0.434. The SMILES string of the molecule is CC(C)(C)c1nn(-c2ccc([N+](=O)[O-])cc2)c2c1C(=O)c1ccccc1-2. The highest BCUT2D eigenvalue weighted by Gasteiger charge is 2.38. The van der Waals surface area contributed by atoms with Gasteiger partial charge >= 0.3 is 0 Å². The lowest BCUT2D eigenvalue weighted by atomic mass is 9.88. The molecular weight excluding hydrogens is 330 g/mol. The predicted molar refractivity (Wildman–Crippen MR) is 97.8 cm³/mol. The van der Waals surface area contributed by atoms with E-state index < -0.39 is 4.92 Å². The third-order valence-electron chi connectivity index (χ3n) is 4.55. The number of fused-ring (bicyclic) bond motifs is 3.